The number of carbonyl (C=O) groups excluding carboxylic acids is 1. The number of nitrogens with zero attached hydrogens (tertiary/aromatic N) is 1. The van der Waals surface area contributed by atoms with Gasteiger partial charge in [0.05, 0.1) is 12.0 Å². The van der Waals surface area contributed by atoms with Gasteiger partial charge in [0.15, 0.2) is 0 Å². The number of nitrogens with one attached hydrogen (secondary N) is 1. The molecule has 1 amide bonds. The predicted octanol–water partition coefficient (Wildman–Crippen LogP) is 1.41. The number of alkyl halides is 2. The molecule has 1 saturated heterocycles. The molecule has 1 aliphatic heterocycles. The average molecular weight is 244 g/mol. The van der Waals surface area contributed by atoms with Crippen LogP contribution in [-0.4, -0.2) is 42.9 Å². The smallest absolute Gasteiger partial charge is 0.255 e. The van der Waals surface area contributed by atoms with Gasteiger partial charge in [-0.2, -0.15) is 0 Å². The third-order valence-electron chi connectivity index (χ3n) is 3.68. The highest BCUT2D eigenvalue weighted by Gasteiger charge is 2.71. The second kappa shape index (κ2) is 4.37. The highest BCUT2D eigenvalue weighted by molar-refractivity contribution is 5.78. The first kappa shape index (κ1) is 12.5. The molecule has 0 aromatic heterocycles. The fourth-order valence-corrected chi connectivity index (χ4v) is 2.63. The van der Waals surface area contributed by atoms with Gasteiger partial charge in [0.25, 0.3) is 5.92 Å². The maximum atomic E-state index is 13.2. The summed E-state index contributed by atoms with van der Waals surface area (Å²) in [5, 5.41) is 2.66. The van der Waals surface area contributed by atoms with E-state index < -0.39 is 11.3 Å². The summed E-state index contributed by atoms with van der Waals surface area (Å²) in [6.07, 6.45) is 2.94. The van der Waals surface area contributed by atoms with Crippen LogP contribution >= 0.6 is 0 Å². The van der Waals surface area contributed by atoms with Gasteiger partial charge in [-0.15, -0.1) is 6.58 Å². The number of amides is 1. The number of likely N-dealkylation sites (tertiary alicyclic amines) is 1. The van der Waals surface area contributed by atoms with Crippen molar-refractivity contribution in [2.45, 2.75) is 25.2 Å². The van der Waals surface area contributed by atoms with E-state index in [1.165, 1.54) is 0 Å². The average Bonchev–Trinajstić information content (AvgIpc) is 2.76. The summed E-state index contributed by atoms with van der Waals surface area (Å²) in [5.41, 5.74) is -0.829. The van der Waals surface area contributed by atoms with E-state index in [0.717, 1.165) is 13.0 Å². The third kappa shape index (κ3) is 2.49. The van der Waals surface area contributed by atoms with Gasteiger partial charge >= 0.3 is 0 Å². The van der Waals surface area contributed by atoms with E-state index in [2.05, 4.69) is 11.9 Å². The molecule has 3 nitrogen and oxygen atoms in total. The van der Waals surface area contributed by atoms with Crippen molar-refractivity contribution in [1.82, 2.24) is 10.2 Å². The predicted molar refractivity (Wildman–Crippen MR) is 60.9 cm³/mol. The summed E-state index contributed by atoms with van der Waals surface area (Å²) in [5.74, 6) is -2.63. The lowest BCUT2D eigenvalue weighted by Crippen LogP contribution is -2.44. The van der Waals surface area contributed by atoms with Gasteiger partial charge in [-0.25, -0.2) is 8.78 Å². The third-order valence-corrected chi connectivity index (χ3v) is 3.68. The zero-order chi connectivity index (χ0) is 12.5. The van der Waals surface area contributed by atoms with Gasteiger partial charge in [0.1, 0.15) is 0 Å². The van der Waals surface area contributed by atoms with Crippen LogP contribution in [-0.2, 0) is 4.79 Å². The van der Waals surface area contributed by atoms with E-state index in [1.807, 2.05) is 4.90 Å². The van der Waals surface area contributed by atoms with Crippen LogP contribution in [0.5, 0.6) is 0 Å². The van der Waals surface area contributed by atoms with E-state index in [0.29, 0.717) is 19.5 Å². The number of halogens is 2. The fourth-order valence-electron chi connectivity index (χ4n) is 2.63. The number of carbonyl (C=O) groups is 1. The molecule has 2 rings (SSSR count). The summed E-state index contributed by atoms with van der Waals surface area (Å²) in [6, 6.07) is 0. The van der Waals surface area contributed by atoms with Gasteiger partial charge in [-0.05, 0) is 19.4 Å². The van der Waals surface area contributed by atoms with Gasteiger partial charge in [-0.1, -0.05) is 6.08 Å². The van der Waals surface area contributed by atoms with Crippen molar-refractivity contribution in [3.63, 3.8) is 0 Å². The molecule has 1 aliphatic carbocycles. The van der Waals surface area contributed by atoms with Crippen molar-refractivity contribution >= 4 is 5.91 Å². The summed E-state index contributed by atoms with van der Waals surface area (Å²) in [4.78, 5) is 13.3. The number of rotatable bonds is 4. The monoisotopic (exact) mass is 244 g/mol. The first-order valence-electron chi connectivity index (χ1n) is 5.97. The normalized spacial score (nSPS) is 31.2. The number of hydrogen-bond acceptors (Lipinski definition) is 2. The molecule has 1 heterocycles. The zero-order valence-electron chi connectivity index (χ0n) is 9.85. The SMILES string of the molecule is C=CCNC(=O)CN1CCCC2(C1)CC2(F)F. The molecule has 96 valence electrons. The van der Waals surface area contributed by atoms with Crippen LogP contribution < -0.4 is 5.32 Å². The minimum Gasteiger partial charge on any atom is -0.352 e. The van der Waals surface area contributed by atoms with E-state index in [4.69, 9.17) is 0 Å². The van der Waals surface area contributed by atoms with E-state index in [9.17, 15) is 13.6 Å². The van der Waals surface area contributed by atoms with Crippen molar-refractivity contribution in [2.75, 3.05) is 26.2 Å². The quantitative estimate of drug-likeness (QED) is 0.758. The van der Waals surface area contributed by atoms with E-state index in [-0.39, 0.29) is 18.9 Å². The summed E-state index contributed by atoms with van der Waals surface area (Å²) >= 11 is 0. The number of hydrogen-bond donors (Lipinski definition) is 1. The standard InChI is InChI=1S/C12H18F2N2O/c1-2-5-15-10(17)7-16-6-3-4-11(9-16)8-12(11,13)14/h2H,1,3-9H2,(H,15,17). The Morgan fingerprint density at radius 2 is 2.24 bits per heavy atom. The second-order valence-corrected chi connectivity index (χ2v) is 5.07. The largest absolute Gasteiger partial charge is 0.352 e. The lowest BCUT2D eigenvalue weighted by molar-refractivity contribution is -0.122. The molecule has 5 heteroatoms. The van der Waals surface area contributed by atoms with Crippen LogP contribution in [0, 0.1) is 5.41 Å². The first-order chi connectivity index (χ1) is 7.99. The Balaban J connectivity index is 1.82. The van der Waals surface area contributed by atoms with Crippen LogP contribution in [0.2, 0.25) is 0 Å². The molecule has 1 saturated carbocycles. The van der Waals surface area contributed by atoms with Gasteiger partial charge < -0.3 is 5.32 Å². The Hall–Kier alpha value is -0.970. The minimum atomic E-state index is -2.51. The zero-order valence-corrected chi connectivity index (χ0v) is 9.85. The van der Waals surface area contributed by atoms with Crippen LogP contribution in [0.4, 0.5) is 8.78 Å². The van der Waals surface area contributed by atoms with Gasteiger partial charge in [0, 0.05) is 19.5 Å². The molecule has 17 heavy (non-hydrogen) atoms. The second-order valence-electron chi connectivity index (χ2n) is 5.07. The molecule has 1 unspecified atom stereocenters. The maximum absolute atomic E-state index is 13.2. The van der Waals surface area contributed by atoms with Crippen LogP contribution in [0.1, 0.15) is 19.3 Å². The Labute approximate surface area is 99.9 Å². The molecule has 0 radical (unpaired) electrons. The van der Waals surface area contributed by atoms with Crippen molar-refractivity contribution < 1.29 is 13.6 Å². The number of piperidine rings is 1. The topological polar surface area (TPSA) is 32.3 Å². The Morgan fingerprint density at radius 1 is 1.53 bits per heavy atom. The first-order valence-corrected chi connectivity index (χ1v) is 5.97. The molecule has 0 aromatic rings. The Morgan fingerprint density at radius 3 is 2.82 bits per heavy atom. The molecular formula is C12H18F2N2O. The Kier molecular flexibility index (Phi) is 3.21. The lowest BCUT2D eigenvalue weighted by atomic mass is 9.94. The van der Waals surface area contributed by atoms with Crippen molar-refractivity contribution in [3.8, 4) is 0 Å². The van der Waals surface area contributed by atoms with Crippen molar-refractivity contribution in [2.24, 2.45) is 5.41 Å². The fraction of sp³-hybridized carbons (Fsp3) is 0.750. The van der Waals surface area contributed by atoms with Crippen molar-refractivity contribution in [1.29, 1.82) is 0 Å². The van der Waals surface area contributed by atoms with Crippen molar-refractivity contribution in [3.05, 3.63) is 12.7 Å². The molecule has 0 aromatic carbocycles. The molecule has 2 aliphatic rings. The summed E-state index contributed by atoms with van der Waals surface area (Å²) in [6.45, 7) is 5.23. The van der Waals surface area contributed by atoms with Gasteiger partial charge in [-0.3, -0.25) is 9.69 Å². The highest BCUT2D eigenvalue weighted by atomic mass is 19.3. The summed E-state index contributed by atoms with van der Waals surface area (Å²) in [7, 11) is 0. The molecule has 1 atom stereocenters. The lowest BCUT2D eigenvalue weighted by Gasteiger charge is -2.32. The van der Waals surface area contributed by atoms with Crippen LogP contribution in [0.3, 0.4) is 0 Å². The molecule has 2 fully saturated rings. The minimum absolute atomic E-state index is 0.00915. The maximum Gasteiger partial charge on any atom is 0.255 e. The Bertz CT molecular complexity index is 332. The van der Waals surface area contributed by atoms with Gasteiger partial charge in [0.2, 0.25) is 5.91 Å². The summed E-state index contributed by atoms with van der Waals surface area (Å²) < 4.78 is 26.5. The molecular weight excluding hydrogens is 226 g/mol. The molecule has 0 bridgehead atoms. The van der Waals surface area contributed by atoms with E-state index in [1.54, 1.807) is 6.08 Å². The van der Waals surface area contributed by atoms with Crippen LogP contribution in [0.25, 0.3) is 0 Å². The molecule has 1 N–H and O–H groups in total. The molecule has 1 spiro atoms. The van der Waals surface area contributed by atoms with E-state index >= 15 is 0 Å². The highest BCUT2D eigenvalue weighted by Crippen LogP contribution is 2.64. The van der Waals surface area contributed by atoms with Crippen LogP contribution in [0.15, 0.2) is 12.7 Å².